The first-order valence-electron chi connectivity index (χ1n) is 9.07. The number of carboxylic acids is 1. The topological polar surface area (TPSA) is 51.5 Å². The molecule has 4 nitrogen and oxygen atoms in total. The Bertz CT molecular complexity index is 960. The van der Waals surface area contributed by atoms with Gasteiger partial charge in [0.05, 0.1) is 13.5 Å². The molecule has 1 N–H and O–H groups in total. The average Bonchev–Trinajstić information content (AvgIpc) is 2.93. The number of methoxy groups -OCH3 is 1. The summed E-state index contributed by atoms with van der Waals surface area (Å²) in [5.74, 6) is -0.0256. The van der Waals surface area contributed by atoms with Crippen LogP contribution in [0.1, 0.15) is 42.5 Å². The number of nitrogens with zero attached hydrogens (tertiary/aromatic N) is 1. The van der Waals surface area contributed by atoms with Crippen LogP contribution in [-0.2, 0) is 11.3 Å². The molecule has 0 radical (unpaired) electrons. The fourth-order valence-electron chi connectivity index (χ4n) is 3.76. The Balaban J connectivity index is 2.19. The van der Waals surface area contributed by atoms with Gasteiger partial charge in [-0.3, -0.25) is 4.79 Å². The van der Waals surface area contributed by atoms with Crippen molar-refractivity contribution in [3.8, 4) is 5.75 Å². The van der Waals surface area contributed by atoms with Crippen molar-refractivity contribution in [2.75, 3.05) is 7.11 Å². The van der Waals surface area contributed by atoms with E-state index >= 15 is 0 Å². The van der Waals surface area contributed by atoms with Gasteiger partial charge in [-0.1, -0.05) is 30.7 Å². The zero-order valence-electron chi connectivity index (χ0n) is 15.8. The molecule has 0 bridgehead atoms. The molecule has 1 unspecified atom stereocenters. The molecule has 27 heavy (non-hydrogen) atoms. The number of fused-ring (bicyclic) bond motifs is 1. The van der Waals surface area contributed by atoms with Crippen molar-refractivity contribution in [2.24, 2.45) is 0 Å². The fraction of sp³-hybridized carbons (Fsp3) is 0.318. The average molecular weight is 386 g/mol. The summed E-state index contributed by atoms with van der Waals surface area (Å²) in [6.45, 7) is 4.77. The number of hydrogen-bond donors (Lipinski definition) is 1. The maximum Gasteiger partial charge on any atom is 0.304 e. The van der Waals surface area contributed by atoms with Gasteiger partial charge in [-0.2, -0.15) is 0 Å². The maximum atomic E-state index is 11.4. The van der Waals surface area contributed by atoms with Gasteiger partial charge in [0.25, 0.3) is 0 Å². The summed E-state index contributed by atoms with van der Waals surface area (Å²) in [5.41, 5.74) is 4.41. The number of halogens is 1. The Hall–Kier alpha value is -2.46. The lowest BCUT2D eigenvalue weighted by atomic mass is 9.95. The summed E-state index contributed by atoms with van der Waals surface area (Å²) in [6.07, 6.45) is 0.882. The predicted molar refractivity (Wildman–Crippen MR) is 109 cm³/mol. The molecular formula is C22H24ClNO3. The molecule has 1 aromatic heterocycles. The van der Waals surface area contributed by atoms with Crippen LogP contribution in [0.3, 0.4) is 0 Å². The van der Waals surface area contributed by atoms with Crippen molar-refractivity contribution in [2.45, 2.75) is 39.2 Å². The molecule has 0 saturated heterocycles. The molecule has 3 aromatic rings. The van der Waals surface area contributed by atoms with Crippen molar-refractivity contribution in [3.05, 3.63) is 64.3 Å². The van der Waals surface area contributed by atoms with Crippen LogP contribution in [0.4, 0.5) is 0 Å². The Morgan fingerprint density at radius 2 is 1.93 bits per heavy atom. The Morgan fingerprint density at radius 3 is 2.52 bits per heavy atom. The van der Waals surface area contributed by atoms with Gasteiger partial charge in [0.1, 0.15) is 5.75 Å². The molecular weight excluding hydrogens is 362 g/mol. The molecule has 0 saturated carbocycles. The fourth-order valence-corrected chi connectivity index (χ4v) is 3.89. The number of ether oxygens (including phenoxy) is 1. The molecule has 0 fully saturated rings. The van der Waals surface area contributed by atoms with Crippen LogP contribution in [-0.4, -0.2) is 22.8 Å². The van der Waals surface area contributed by atoms with E-state index in [1.54, 1.807) is 7.11 Å². The number of benzene rings is 2. The highest BCUT2D eigenvalue weighted by Gasteiger charge is 2.23. The predicted octanol–water partition coefficient (Wildman–Crippen LogP) is 5.63. The molecule has 0 spiro atoms. The van der Waals surface area contributed by atoms with Crippen LogP contribution >= 0.6 is 11.6 Å². The minimum atomic E-state index is -0.776. The van der Waals surface area contributed by atoms with Crippen molar-refractivity contribution in [3.63, 3.8) is 0 Å². The number of aliphatic carboxylic acids is 1. The minimum absolute atomic E-state index is 0.0480. The second-order valence-electron chi connectivity index (χ2n) is 6.81. The quantitative estimate of drug-likeness (QED) is 0.573. The van der Waals surface area contributed by atoms with Gasteiger partial charge in [-0.25, -0.2) is 0 Å². The van der Waals surface area contributed by atoms with Gasteiger partial charge in [-0.05, 0) is 54.8 Å². The minimum Gasteiger partial charge on any atom is -0.497 e. The molecule has 1 heterocycles. The van der Waals surface area contributed by atoms with E-state index in [4.69, 9.17) is 16.3 Å². The first kappa shape index (κ1) is 19.3. The third kappa shape index (κ3) is 3.96. The number of carboxylic acid groups (broad SMARTS) is 1. The summed E-state index contributed by atoms with van der Waals surface area (Å²) in [5, 5.41) is 11.2. The van der Waals surface area contributed by atoms with Crippen molar-refractivity contribution >= 4 is 28.5 Å². The monoisotopic (exact) mass is 385 g/mol. The molecule has 3 rings (SSSR count). The van der Waals surface area contributed by atoms with Crippen LogP contribution in [0.5, 0.6) is 5.75 Å². The first-order chi connectivity index (χ1) is 12.9. The second kappa shape index (κ2) is 8.05. The Labute approximate surface area is 164 Å². The van der Waals surface area contributed by atoms with Gasteiger partial charge >= 0.3 is 5.97 Å². The standard InChI is InChI=1S/C22H24ClNO3/c1-4-16(11-21(25)26)22-14(2)19-12-18(27-3)9-10-20(19)24(22)13-15-5-7-17(23)8-6-15/h5-10,12,16H,4,11,13H2,1-3H3,(H,25,26). The smallest absolute Gasteiger partial charge is 0.304 e. The summed E-state index contributed by atoms with van der Waals surface area (Å²) in [6, 6.07) is 13.8. The molecule has 0 aliphatic carbocycles. The van der Waals surface area contributed by atoms with E-state index in [1.807, 2.05) is 49.4 Å². The zero-order valence-corrected chi connectivity index (χ0v) is 16.6. The van der Waals surface area contributed by atoms with Crippen LogP contribution in [0, 0.1) is 6.92 Å². The van der Waals surface area contributed by atoms with E-state index in [-0.39, 0.29) is 12.3 Å². The number of carbonyl (C=O) groups is 1. The summed E-state index contributed by atoms with van der Waals surface area (Å²) in [7, 11) is 1.65. The van der Waals surface area contributed by atoms with E-state index < -0.39 is 5.97 Å². The molecule has 142 valence electrons. The van der Waals surface area contributed by atoms with E-state index in [2.05, 4.69) is 11.5 Å². The first-order valence-corrected chi connectivity index (χ1v) is 9.45. The highest BCUT2D eigenvalue weighted by molar-refractivity contribution is 6.30. The van der Waals surface area contributed by atoms with E-state index in [9.17, 15) is 9.90 Å². The van der Waals surface area contributed by atoms with Gasteiger partial charge in [0, 0.05) is 34.1 Å². The van der Waals surface area contributed by atoms with Crippen LogP contribution in [0.15, 0.2) is 42.5 Å². The third-order valence-corrected chi connectivity index (χ3v) is 5.38. The normalized spacial score (nSPS) is 12.3. The summed E-state index contributed by atoms with van der Waals surface area (Å²) >= 11 is 6.02. The molecule has 0 amide bonds. The Kier molecular flexibility index (Phi) is 5.76. The van der Waals surface area contributed by atoms with Gasteiger partial charge < -0.3 is 14.4 Å². The van der Waals surface area contributed by atoms with Crippen LogP contribution in [0.2, 0.25) is 5.02 Å². The van der Waals surface area contributed by atoms with Crippen molar-refractivity contribution in [1.29, 1.82) is 0 Å². The lowest BCUT2D eigenvalue weighted by Gasteiger charge is -2.19. The lowest BCUT2D eigenvalue weighted by Crippen LogP contribution is -2.13. The van der Waals surface area contributed by atoms with E-state index in [0.29, 0.717) is 11.6 Å². The van der Waals surface area contributed by atoms with Gasteiger partial charge in [0.15, 0.2) is 0 Å². The Morgan fingerprint density at radius 1 is 1.22 bits per heavy atom. The summed E-state index contributed by atoms with van der Waals surface area (Å²) in [4.78, 5) is 11.4. The molecule has 0 aliphatic rings. The molecule has 0 aliphatic heterocycles. The maximum absolute atomic E-state index is 11.4. The van der Waals surface area contributed by atoms with Crippen molar-refractivity contribution < 1.29 is 14.6 Å². The van der Waals surface area contributed by atoms with Crippen LogP contribution < -0.4 is 4.74 Å². The van der Waals surface area contributed by atoms with E-state index in [0.717, 1.165) is 39.9 Å². The highest BCUT2D eigenvalue weighted by atomic mass is 35.5. The lowest BCUT2D eigenvalue weighted by molar-refractivity contribution is -0.137. The summed E-state index contributed by atoms with van der Waals surface area (Å²) < 4.78 is 7.63. The van der Waals surface area contributed by atoms with Gasteiger partial charge in [0.2, 0.25) is 0 Å². The zero-order chi connectivity index (χ0) is 19.6. The number of aryl methyl sites for hydroxylation is 1. The SMILES string of the molecule is CCC(CC(=O)O)c1c(C)c2cc(OC)ccc2n1Cc1ccc(Cl)cc1. The number of rotatable bonds is 7. The molecule has 2 aromatic carbocycles. The second-order valence-corrected chi connectivity index (χ2v) is 7.25. The van der Waals surface area contributed by atoms with Crippen LogP contribution in [0.25, 0.3) is 10.9 Å². The third-order valence-electron chi connectivity index (χ3n) is 5.13. The molecule has 1 atom stereocenters. The highest BCUT2D eigenvalue weighted by Crippen LogP contribution is 2.36. The van der Waals surface area contributed by atoms with E-state index in [1.165, 1.54) is 0 Å². The number of aromatic nitrogens is 1. The number of hydrogen-bond acceptors (Lipinski definition) is 2. The largest absolute Gasteiger partial charge is 0.497 e. The van der Waals surface area contributed by atoms with Gasteiger partial charge in [-0.15, -0.1) is 0 Å². The molecule has 5 heteroatoms. The van der Waals surface area contributed by atoms with Crippen molar-refractivity contribution in [1.82, 2.24) is 4.57 Å².